The lowest BCUT2D eigenvalue weighted by Crippen LogP contribution is -2.33. The second-order valence-electron chi connectivity index (χ2n) is 10.3. The van der Waals surface area contributed by atoms with Gasteiger partial charge in [0.05, 0.1) is 5.69 Å². The average molecular weight is 420 g/mol. The zero-order valence-electron chi connectivity index (χ0n) is 19.3. The molecule has 0 spiro atoms. The van der Waals surface area contributed by atoms with Crippen molar-refractivity contribution in [3.05, 3.63) is 35.9 Å². The molecule has 0 unspecified atom stereocenters. The van der Waals surface area contributed by atoms with E-state index in [1.54, 1.807) is 0 Å². The van der Waals surface area contributed by atoms with Gasteiger partial charge < -0.3 is 14.7 Å². The van der Waals surface area contributed by atoms with E-state index in [-0.39, 0.29) is 5.91 Å². The topological polar surface area (TPSA) is 26.8 Å². The zero-order valence-corrected chi connectivity index (χ0v) is 19.3. The van der Waals surface area contributed by atoms with Gasteiger partial charge in [0.1, 0.15) is 0 Å². The van der Waals surface area contributed by atoms with Crippen LogP contribution in [-0.4, -0.2) is 50.1 Å². The van der Waals surface area contributed by atoms with Gasteiger partial charge in [0.2, 0.25) is 0 Å². The molecule has 4 nitrogen and oxygen atoms in total. The molecule has 1 saturated heterocycles. The smallest absolute Gasteiger partial charge is 0.259 e. The third-order valence-electron chi connectivity index (χ3n) is 7.48. The second-order valence-corrected chi connectivity index (χ2v) is 10.3. The summed E-state index contributed by atoms with van der Waals surface area (Å²) < 4.78 is 0. The Morgan fingerprint density at radius 3 is 2.52 bits per heavy atom. The van der Waals surface area contributed by atoms with Crippen LogP contribution in [0.2, 0.25) is 0 Å². The normalized spacial score (nSPS) is 20.8. The van der Waals surface area contributed by atoms with E-state index in [0.717, 1.165) is 37.4 Å². The molecule has 2 aromatic rings. The van der Waals surface area contributed by atoms with E-state index in [4.69, 9.17) is 0 Å². The number of carbonyl (C=O) groups is 1. The summed E-state index contributed by atoms with van der Waals surface area (Å²) in [6, 6.07) is 10.9. The molecular weight excluding hydrogens is 382 g/mol. The third kappa shape index (κ3) is 4.07. The second kappa shape index (κ2) is 8.82. The molecule has 2 fully saturated rings. The summed E-state index contributed by atoms with van der Waals surface area (Å²) in [6.45, 7) is 11.1. The van der Waals surface area contributed by atoms with E-state index < -0.39 is 0 Å². The van der Waals surface area contributed by atoms with Crippen LogP contribution in [0.3, 0.4) is 0 Å². The van der Waals surface area contributed by atoms with Crippen LogP contribution < -0.4 is 9.80 Å². The molecule has 166 valence electrons. The van der Waals surface area contributed by atoms with Gasteiger partial charge >= 0.3 is 0 Å². The number of anilines is 2. The first kappa shape index (κ1) is 20.8. The Bertz CT molecular complexity index is 947. The largest absolute Gasteiger partial charge is 0.370 e. The molecule has 4 heteroatoms. The summed E-state index contributed by atoms with van der Waals surface area (Å²) in [5.74, 6) is 1.58. The van der Waals surface area contributed by atoms with Crippen LogP contribution in [0.25, 0.3) is 10.8 Å². The van der Waals surface area contributed by atoms with Crippen molar-refractivity contribution in [3.8, 4) is 0 Å². The van der Waals surface area contributed by atoms with E-state index in [1.165, 1.54) is 68.1 Å². The van der Waals surface area contributed by atoms with Gasteiger partial charge in [0.15, 0.2) is 0 Å². The molecule has 5 rings (SSSR count). The Labute approximate surface area is 187 Å². The molecule has 1 aliphatic carbocycles. The molecule has 2 heterocycles. The molecule has 2 aliphatic heterocycles. The first-order chi connectivity index (χ1) is 15.1. The molecule has 0 aromatic heterocycles. The monoisotopic (exact) mass is 419 g/mol. The first-order valence-corrected chi connectivity index (χ1v) is 12.5. The minimum atomic E-state index is 0.210. The van der Waals surface area contributed by atoms with Crippen LogP contribution in [0.5, 0.6) is 0 Å². The number of rotatable bonds is 5. The Balaban J connectivity index is 1.43. The van der Waals surface area contributed by atoms with Gasteiger partial charge in [-0.1, -0.05) is 45.2 Å². The van der Waals surface area contributed by atoms with Crippen LogP contribution in [0.4, 0.5) is 11.4 Å². The van der Waals surface area contributed by atoms with Crippen molar-refractivity contribution < 1.29 is 4.79 Å². The van der Waals surface area contributed by atoms with Crippen molar-refractivity contribution in [1.82, 2.24) is 4.90 Å². The van der Waals surface area contributed by atoms with Crippen LogP contribution in [0, 0.1) is 11.8 Å². The fraction of sp³-hybridized carbons (Fsp3) is 0.593. The van der Waals surface area contributed by atoms with Crippen molar-refractivity contribution in [2.24, 2.45) is 11.8 Å². The fourth-order valence-electron chi connectivity index (χ4n) is 6.03. The Morgan fingerprint density at radius 1 is 0.903 bits per heavy atom. The summed E-state index contributed by atoms with van der Waals surface area (Å²) in [5.41, 5.74) is 3.35. The van der Waals surface area contributed by atoms with Gasteiger partial charge in [0.25, 0.3) is 5.91 Å². The van der Waals surface area contributed by atoms with E-state index in [0.29, 0.717) is 11.8 Å². The third-order valence-corrected chi connectivity index (χ3v) is 7.48. The molecule has 0 radical (unpaired) electrons. The highest BCUT2D eigenvalue weighted by molar-refractivity contribution is 6.26. The minimum absolute atomic E-state index is 0.210. The Hall–Kier alpha value is -2.07. The predicted octanol–water partition coefficient (Wildman–Crippen LogP) is 5.55. The first-order valence-electron chi connectivity index (χ1n) is 12.5. The fourth-order valence-corrected chi connectivity index (χ4v) is 6.03. The van der Waals surface area contributed by atoms with Crippen LogP contribution >= 0.6 is 0 Å². The maximum absolute atomic E-state index is 13.3. The molecule has 1 amide bonds. The quantitative estimate of drug-likeness (QED) is 0.636. The number of carbonyl (C=O) groups excluding carboxylic acids is 1. The number of benzene rings is 2. The van der Waals surface area contributed by atoms with Crippen LogP contribution in [0.15, 0.2) is 30.3 Å². The molecule has 3 aliphatic rings. The van der Waals surface area contributed by atoms with Crippen molar-refractivity contribution in [2.75, 3.05) is 49.1 Å². The van der Waals surface area contributed by atoms with E-state index in [1.807, 2.05) is 6.07 Å². The van der Waals surface area contributed by atoms with E-state index in [9.17, 15) is 4.79 Å². The molecule has 1 saturated carbocycles. The lowest BCUT2D eigenvalue weighted by atomic mass is 9.89. The highest BCUT2D eigenvalue weighted by atomic mass is 16.2. The SMILES string of the molecule is CC(C)CN1CCCN(c2ccc3c4c(cccc24)C(=O)N3CC2CCCCC2)CC1. The van der Waals surface area contributed by atoms with Crippen molar-refractivity contribution in [1.29, 1.82) is 0 Å². The molecule has 0 N–H and O–H groups in total. The Kier molecular flexibility index (Phi) is 5.92. The minimum Gasteiger partial charge on any atom is -0.370 e. The average Bonchev–Trinajstić information content (AvgIpc) is 2.92. The summed E-state index contributed by atoms with van der Waals surface area (Å²) in [7, 11) is 0. The molecule has 31 heavy (non-hydrogen) atoms. The maximum Gasteiger partial charge on any atom is 0.259 e. The number of hydrogen-bond donors (Lipinski definition) is 0. The maximum atomic E-state index is 13.3. The number of hydrogen-bond acceptors (Lipinski definition) is 3. The summed E-state index contributed by atoms with van der Waals surface area (Å²) in [6.07, 6.45) is 7.72. The molecular formula is C27H37N3O. The van der Waals surface area contributed by atoms with Gasteiger partial charge in [-0.05, 0) is 55.8 Å². The van der Waals surface area contributed by atoms with Gasteiger partial charge in [-0.2, -0.15) is 0 Å². The Morgan fingerprint density at radius 2 is 1.71 bits per heavy atom. The van der Waals surface area contributed by atoms with Crippen LogP contribution in [0.1, 0.15) is 62.7 Å². The summed E-state index contributed by atoms with van der Waals surface area (Å²) in [4.78, 5) is 20.6. The lowest BCUT2D eigenvalue weighted by molar-refractivity contribution is 0.0987. The molecule has 2 aromatic carbocycles. The van der Waals surface area contributed by atoms with Gasteiger partial charge in [0, 0.05) is 54.7 Å². The van der Waals surface area contributed by atoms with Gasteiger partial charge in [-0.25, -0.2) is 0 Å². The van der Waals surface area contributed by atoms with Crippen molar-refractivity contribution >= 4 is 28.1 Å². The number of nitrogens with zero attached hydrogens (tertiary/aromatic N) is 3. The van der Waals surface area contributed by atoms with Crippen LogP contribution in [-0.2, 0) is 0 Å². The van der Waals surface area contributed by atoms with Gasteiger partial charge in [-0.15, -0.1) is 0 Å². The lowest BCUT2D eigenvalue weighted by Gasteiger charge is -2.28. The van der Waals surface area contributed by atoms with Gasteiger partial charge in [-0.3, -0.25) is 4.79 Å². The highest BCUT2D eigenvalue weighted by Gasteiger charge is 2.33. The van der Waals surface area contributed by atoms with Crippen molar-refractivity contribution in [3.63, 3.8) is 0 Å². The van der Waals surface area contributed by atoms with E-state index >= 15 is 0 Å². The van der Waals surface area contributed by atoms with E-state index in [2.05, 4.69) is 52.8 Å². The summed E-state index contributed by atoms with van der Waals surface area (Å²) >= 11 is 0. The highest BCUT2D eigenvalue weighted by Crippen LogP contribution is 2.42. The molecule has 0 bridgehead atoms. The molecule has 0 atom stereocenters. The number of amides is 1. The standard InChI is InChI=1S/C27H37N3O/c1-20(2)18-28-14-7-15-29(17-16-28)24-12-13-25-26-22(24)10-6-11-23(26)27(31)30(25)19-21-8-4-3-5-9-21/h6,10-13,20-21H,3-5,7-9,14-19H2,1-2H3. The predicted molar refractivity (Wildman–Crippen MR) is 130 cm³/mol. The zero-order chi connectivity index (χ0) is 21.4. The summed E-state index contributed by atoms with van der Waals surface area (Å²) in [5, 5.41) is 2.44. The van der Waals surface area contributed by atoms with Crippen molar-refractivity contribution in [2.45, 2.75) is 52.4 Å².